The number of aromatic nitrogens is 2. The van der Waals surface area contributed by atoms with Crippen molar-refractivity contribution in [3.63, 3.8) is 0 Å². The summed E-state index contributed by atoms with van der Waals surface area (Å²) in [5.41, 5.74) is 2.99. The van der Waals surface area contributed by atoms with Crippen molar-refractivity contribution >= 4 is 15.9 Å². The van der Waals surface area contributed by atoms with Crippen LogP contribution in [0.4, 0.5) is 0 Å². The summed E-state index contributed by atoms with van der Waals surface area (Å²) in [6, 6.07) is 7.25. The first kappa shape index (κ1) is 12.9. The van der Waals surface area contributed by atoms with Crippen molar-refractivity contribution in [2.24, 2.45) is 0 Å². The minimum atomic E-state index is 0.601. The number of hydrogen-bond donors (Lipinski definition) is 2. The van der Waals surface area contributed by atoms with Gasteiger partial charge in [0.2, 0.25) is 0 Å². The molecule has 3 rings (SSSR count). The summed E-state index contributed by atoms with van der Waals surface area (Å²) in [5, 5.41) is 3.64. The summed E-state index contributed by atoms with van der Waals surface area (Å²) in [6.45, 7) is 0.990. The molecule has 0 aliphatic heterocycles. The normalized spacial score (nSPS) is 18.3. The second kappa shape index (κ2) is 5.88. The Kier molecular flexibility index (Phi) is 3.99. The lowest BCUT2D eigenvalue weighted by Gasteiger charge is -2.25. The summed E-state index contributed by atoms with van der Waals surface area (Å²) in [7, 11) is 0. The van der Waals surface area contributed by atoms with E-state index in [1.807, 2.05) is 12.4 Å². The van der Waals surface area contributed by atoms with Crippen LogP contribution in [0.25, 0.3) is 0 Å². The SMILES string of the molecule is Brc1ccc2c(c1)CCC(NCCc1ncc[nH]1)C2. The molecule has 0 spiro atoms. The van der Waals surface area contributed by atoms with Crippen LogP contribution < -0.4 is 5.32 Å². The van der Waals surface area contributed by atoms with Gasteiger partial charge in [-0.05, 0) is 42.5 Å². The lowest BCUT2D eigenvalue weighted by Crippen LogP contribution is -2.35. The Hall–Kier alpha value is -1.13. The zero-order chi connectivity index (χ0) is 13.1. The number of H-pyrrole nitrogens is 1. The Labute approximate surface area is 122 Å². The summed E-state index contributed by atoms with van der Waals surface area (Å²) in [5.74, 6) is 1.06. The summed E-state index contributed by atoms with van der Waals surface area (Å²) in [6.07, 6.45) is 8.19. The maximum atomic E-state index is 4.24. The maximum Gasteiger partial charge on any atom is 0.107 e. The third-order valence-electron chi connectivity index (χ3n) is 3.75. The zero-order valence-corrected chi connectivity index (χ0v) is 12.4. The van der Waals surface area contributed by atoms with Gasteiger partial charge in [0, 0.05) is 35.9 Å². The molecule has 1 heterocycles. The van der Waals surface area contributed by atoms with Gasteiger partial charge in [0.05, 0.1) is 0 Å². The number of fused-ring (bicyclic) bond motifs is 1. The monoisotopic (exact) mass is 319 g/mol. The first-order chi connectivity index (χ1) is 9.31. The van der Waals surface area contributed by atoms with E-state index in [9.17, 15) is 0 Å². The van der Waals surface area contributed by atoms with Gasteiger partial charge in [0.25, 0.3) is 0 Å². The van der Waals surface area contributed by atoms with Gasteiger partial charge in [-0.25, -0.2) is 4.98 Å². The van der Waals surface area contributed by atoms with Crippen molar-refractivity contribution in [2.75, 3.05) is 6.54 Å². The van der Waals surface area contributed by atoms with Gasteiger partial charge in [-0.2, -0.15) is 0 Å². The molecule has 1 atom stereocenters. The number of halogens is 1. The predicted octanol–water partition coefficient (Wildman–Crippen LogP) is 2.86. The Morgan fingerprint density at radius 3 is 3.16 bits per heavy atom. The predicted molar refractivity (Wildman–Crippen MR) is 80.2 cm³/mol. The topological polar surface area (TPSA) is 40.7 Å². The summed E-state index contributed by atoms with van der Waals surface area (Å²) >= 11 is 3.54. The molecule has 1 aromatic heterocycles. The molecule has 100 valence electrons. The van der Waals surface area contributed by atoms with E-state index in [-0.39, 0.29) is 0 Å². The van der Waals surface area contributed by atoms with Crippen molar-refractivity contribution in [2.45, 2.75) is 31.7 Å². The minimum absolute atomic E-state index is 0.601. The number of rotatable bonds is 4. The molecule has 2 aromatic rings. The number of nitrogens with one attached hydrogen (secondary N) is 2. The van der Waals surface area contributed by atoms with E-state index in [2.05, 4.69) is 49.4 Å². The van der Waals surface area contributed by atoms with Crippen LogP contribution in [0.5, 0.6) is 0 Å². The van der Waals surface area contributed by atoms with E-state index in [1.54, 1.807) is 0 Å². The van der Waals surface area contributed by atoms with E-state index in [0.29, 0.717) is 6.04 Å². The second-order valence-corrected chi connectivity index (χ2v) is 6.01. The van der Waals surface area contributed by atoms with Crippen molar-refractivity contribution in [1.82, 2.24) is 15.3 Å². The molecule has 0 amide bonds. The molecule has 4 heteroatoms. The second-order valence-electron chi connectivity index (χ2n) is 5.09. The number of hydrogen-bond acceptors (Lipinski definition) is 2. The Morgan fingerprint density at radius 2 is 2.32 bits per heavy atom. The van der Waals surface area contributed by atoms with Crippen LogP contribution in [0.3, 0.4) is 0 Å². The van der Waals surface area contributed by atoms with Crippen molar-refractivity contribution < 1.29 is 0 Å². The lowest BCUT2D eigenvalue weighted by atomic mass is 9.88. The average Bonchev–Trinajstić information content (AvgIpc) is 2.92. The fourth-order valence-electron chi connectivity index (χ4n) is 2.73. The highest BCUT2D eigenvalue weighted by atomic mass is 79.9. The van der Waals surface area contributed by atoms with Crippen LogP contribution in [-0.4, -0.2) is 22.6 Å². The average molecular weight is 320 g/mol. The highest BCUT2D eigenvalue weighted by molar-refractivity contribution is 9.10. The van der Waals surface area contributed by atoms with Crippen LogP contribution in [0.15, 0.2) is 35.1 Å². The molecule has 1 aliphatic carbocycles. The number of aromatic amines is 1. The summed E-state index contributed by atoms with van der Waals surface area (Å²) in [4.78, 5) is 7.38. The fraction of sp³-hybridized carbons (Fsp3) is 0.400. The van der Waals surface area contributed by atoms with Gasteiger partial charge in [-0.3, -0.25) is 0 Å². The summed E-state index contributed by atoms with van der Waals surface area (Å²) < 4.78 is 1.19. The van der Waals surface area contributed by atoms with Crippen LogP contribution in [0, 0.1) is 0 Å². The maximum absolute atomic E-state index is 4.24. The van der Waals surface area contributed by atoms with E-state index < -0.39 is 0 Å². The van der Waals surface area contributed by atoms with Crippen molar-refractivity contribution in [1.29, 1.82) is 0 Å². The van der Waals surface area contributed by atoms with E-state index in [4.69, 9.17) is 0 Å². The molecular formula is C15H18BrN3. The van der Waals surface area contributed by atoms with Gasteiger partial charge < -0.3 is 10.3 Å². The van der Waals surface area contributed by atoms with Gasteiger partial charge >= 0.3 is 0 Å². The first-order valence-electron chi connectivity index (χ1n) is 6.80. The number of imidazole rings is 1. The molecular weight excluding hydrogens is 302 g/mol. The Bertz CT molecular complexity index is 536. The van der Waals surface area contributed by atoms with E-state index in [0.717, 1.165) is 25.2 Å². The Morgan fingerprint density at radius 1 is 1.37 bits per heavy atom. The molecule has 0 saturated heterocycles. The Balaban J connectivity index is 1.53. The van der Waals surface area contributed by atoms with Crippen molar-refractivity contribution in [3.05, 3.63) is 52.0 Å². The molecule has 2 N–H and O–H groups in total. The van der Waals surface area contributed by atoms with E-state index >= 15 is 0 Å². The molecule has 3 nitrogen and oxygen atoms in total. The molecule has 0 fully saturated rings. The van der Waals surface area contributed by atoms with E-state index in [1.165, 1.54) is 28.4 Å². The first-order valence-corrected chi connectivity index (χ1v) is 7.59. The van der Waals surface area contributed by atoms with Gasteiger partial charge in [0.1, 0.15) is 5.82 Å². The molecule has 0 bridgehead atoms. The number of nitrogens with zero attached hydrogens (tertiary/aromatic N) is 1. The standard InChI is InChI=1S/C15H18BrN3/c16-13-3-1-12-10-14(4-2-11(12)9-13)17-6-5-15-18-7-8-19-15/h1,3,7-9,14,17H,2,4-6,10H2,(H,18,19). The quantitative estimate of drug-likeness (QED) is 0.909. The molecule has 0 saturated carbocycles. The van der Waals surface area contributed by atoms with Gasteiger partial charge in [-0.15, -0.1) is 0 Å². The van der Waals surface area contributed by atoms with Gasteiger partial charge in [0.15, 0.2) is 0 Å². The third-order valence-corrected chi connectivity index (χ3v) is 4.24. The number of benzene rings is 1. The highest BCUT2D eigenvalue weighted by Gasteiger charge is 2.18. The molecule has 1 unspecified atom stereocenters. The number of aryl methyl sites for hydroxylation is 1. The minimum Gasteiger partial charge on any atom is -0.349 e. The third kappa shape index (κ3) is 3.25. The molecule has 19 heavy (non-hydrogen) atoms. The largest absolute Gasteiger partial charge is 0.349 e. The van der Waals surface area contributed by atoms with Crippen LogP contribution in [-0.2, 0) is 19.3 Å². The lowest BCUT2D eigenvalue weighted by molar-refractivity contribution is 0.459. The van der Waals surface area contributed by atoms with Crippen LogP contribution in [0.1, 0.15) is 23.4 Å². The smallest absolute Gasteiger partial charge is 0.107 e. The zero-order valence-electron chi connectivity index (χ0n) is 10.8. The fourth-order valence-corrected chi connectivity index (χ4v) is 3.14. The molecule has 0 radical (unpaired) electrons. The van der Waals surface area contributed by atoms with Crippen LogP contribution in [0.2, 0.25) is 0 Å². The van der Waals surface area contributed by atoms with Crippen LogP contribution >= 0.6 is 15.9 Å². The van der Waals surface area contributed by atoms with Crippen molar-refractivity contribution in [3.8, 4) is 0 Å². The van der Waals surface area contributed by atoms with Gasteiger partial charge in [-0.1, -0.05) is 22.0 Å². The highest BCUT2D eigenvalue weighted by Crippen LogP contribution is 2.24. The molecule has 1 aromatic carbocycles. The molecule has 1 aliphatic rings.